The number of pyridine rings is 1. The Morgan fingerprint density at radius 3 is 2.54 bits per heavy atom. The molecule has 7 nitrogen and oxygen atoms in total. The van der Waals surface area contributed by atoms with Crippen LogP contribution in [0.4, 0.5) is 5.69 Å². The zero-order chi connectivity index (χ0) is 26.7. The Balaban J connectivity index is 1.85. The number of nitriles is 1. The molecule has 0 saturated heterocycles. The van der Waals surface area contributed by atoms with Crippen LogP contribution >= 0.6 is 0 Å². The number of nitrogens with one attached hydrogen (secondary N) is 1. The number of fused-ring (bicyclic) bond motifs is 1. The molecule has 1 atom stereocenters. The number of esters is 1. The van der Waals surface area contributed by atoms with Crippen LogP contribution in [0, 0.1) is 16.7 Å². The van der Waals surface area contributed by atoms with E-state index in [4.69, 9.17) is 9.72 Å². The monoisotopic (exact) mass is 492 g/mol. The third-order valence-corrected chi connectivity index (χ3v) is 5.90. The van der Waals surface area contributed by atoms with E-state index in [-0.39, 0.29) is 11.9 Å². The Kier molecular flexibility index (Phi) is 6.94. The number of ether oxygens (including phenoxy) is 1. The van der Waals surface area contributed by atoms with Crippen LogP contribution in [-0.2, 0) is 14.3 Å². The van der Waals surface area contributed by atoms with Gasteiger partial charge in [0.25, 0.3) is 0 Å². The maximum absolute atomic E-state index is 12.6. The van der Waals surface area contributed by atoms with Crippen molar-refractivity contribution in [3.05, 3.63) is 85.2 Å². The molecule has 37 heavy (non-hydrogen) atoms. The lowest BCUT2D eigenvalue weighted by Crippen LogP contribution is -2.26. The van der Waals surface area contributed by atoms with E-state index in [9.17, 15) is 14.9 Å². The highest BCUT2D eigenvalue weighted by molar-refractivity contribution is 6.00. The molecule has 0 aliphatic carbocycles. The van der Waals surface area contributed by atoms with Gasteiger partial charge in [0.1, 0.15) is 5.65 Å². The molecule has 2 aromatic heterocycles. The summed E-state index contributed by atoms with van der Waals surface area (Å²) < 4.78 is 7.60. The summed E-state index contributed by atoms with van der Waals surface area (Å²) in [6.07, 6.45) is 4.27. The van der Waals surface area contributed by atoms with E-state index < -0.39 is 11.6 Å². The normalized spacial score (nSPS) is 12.0. The first-order valence-electron chi connectivity index (χ1n) is 11.9. The van der Waals surface area contributed by atoms with Crippen LogP contribution in [0.15, 0.2) is 79.6 Å². The Labute approximate surface area is 216 Å². The predicted octanol–water partition coefficient (Wildman–Crippen LogP) is 6.47. The second kappa shape index (κ2) is 10.1. The van der Waals surface area contributed by atoms with Crippen LogP contribution in [0.3, 0.4) is 0 Å². The molecule has 7 heteroatoms. The minimum atomic E-state index is -0.645. The summed E-state index contributed by atoms with van der Waals surface area (Å²) in [5.41, 5.74) is 4.61. The third-order valence-electron chi connectivity index (χ3n) is 5.90. The molecule has 0 aliphatic rings. The fraction of sp³-hybridized carbons (Fsp3) is 0.200. The highest BCUT2D eigenvalue weighted by Gasteiger charge is 2.26. The number of benzene rings is 2. The number of hydrogen-bond donors (Lipinski definition) is 1. The number of carbonyl (C=O) groups is 2. The lowest BCUT2D eigenvalue weighted by molar-refractivity contribution is -0.162. The van der Waals surface area contributed by atoms with Crippen LogP contribution in [0.25, 0.3) is 33.3 Å². The lowest BCUT2D eigenvalue weighted by Gasteiger charge is -2.22. The average Bonchev–Trinajstić information content (AvgIpc) is 3.27. The molecule has 0 saturated carbocycles. The van der Waals surface area contributed by atoms with Crippen molar-refractivity contribution in [1.82, 2.24) is 9.55 Å². The first kappa shape index (κ1) is 25.4. The van der Waals surface area contributed by atoms with E-state index in [0.717, 1.165) is 27.6 Å². The molecule has 0 radical (unpaired) electrons. The summed E-state index contributed by atoms with van der Waals surface area (Å²) >= 11 is 0. The van der Waals surface area contributed by atoms with E-state index in [1.54, 1.807) is 25.3 Å². The van der Waals surface area contributed by atoms with E-state index in [1.165, 1.54) is 6.08 Å². The first-order valence-corrected chi connectivity index (χ1v) is 11.9. The van der Waals surface area contributed by atoms with Gasteiger partial charge in [-0.1, -0.05) is 30.8 Å². The molecule has 1 amide bonds. The van der Waals surface area contributed by atoms with E-state index >= 15 is 0 Å². The van der Waals surface area contributed by atoms with Crippen molar-refractivity contribution in [3.63, 3.8) is 0 Å². The molecule has 4 aromatic rings. The number of nitrogens with zero attached hydrogens (tertiary/aromatic N) is 3. The van der Waals surface area contributed by atoms with Gasteiger partial charge in [-0.15, -0.1) is 0 Å². The molecule has 186 valence electrons. The fourth-order valence-corrected chi connectivity index (χ4v) is 3.91. The van der Waals surface area contributed by atoms with E-state index in [0.29, 0.717) is 16.9 Å². The van der Waals surface area contributed by atoms with Gasteiger partial charge < -0.3 is 10.1 Å². The SMILES string of the molecule is C=CC(=O)Nc1cccc(-c2cnc3c(c2)c(-c2cccc(C#N)c2)cn3C(C)OC(=O)C(C)(C)C)c1. The molecule has 0 aliphatic heterocycles. The van der Waals surface area contributed by atoms with Crippen molar-refractivity contribution in [1.29, 1.82) is 5.26 Å². The lowest BCUT2D eigenvalue weighted by atomic mass is 9.97. The number of anilines is 1. The number of carbonyl (C=O) groups excluding carboxylic acids is 2. The number of amides is 1. The smallest absolute Gasteiger partial charge is 0.313 e. The summed E-state index contributed by atoms with van der Waals surface area (Å²) in [5, 5.41) is 13.0. The molecule has 0 spiro atoms. The molecule has 2 aromatic carbocycles. The molecule has 0 fully saturated rings. The van der Waals surface area contributed by atoms with Gasteiger partial charge in [0.05, 0.1) is 17.0 Å². The molecule has 4 rings (SSSR count). The number of aromatic nitrogens is 2. The Hall–Kier alpha value is -4.70. The molecule has 0 bridgehead atoms. The number of hydrogen-bond acceptors (Lipinski definition) is 5. The number of rotatable bonds is 6. The van der Waals surface area contributed by atoms with Crippen molar-refractivity contribution in [2.75, 3.05) is 5.32 Å². The molecular formula is C30H28N4O3. The van der Waals surface area contributed by atoms with Crippen molar-refractivity contribution >= 4 is 28.6 Å². The maximum atomic E-state index is 12.6. The molecular weight excluding hydrogens is 464 g/mol. The quantitative estimate of drug-likeness (QED) is 0.246. The zero-order valence-corrected chi connectivity index (χ0v) is 21.3. The highest BCUT2D eigenvalue weighted by Crippen LogP contribution is 2.35. The van der Waals surface area contributed by atoms with Crippen LogP contribution in [0.2, 0.25) is 0 Å². The summed E-state index contributed by atoms with van der Waals surface area (Å²) in [7, 11) is 0. The highest BCUT2D eigenvalue weighted by atomic mass is 16.6. The zero-order valence-electron chi connectivity index (χ0n) is 21.3. The van der Waals surface area contributed by atoms with Gasteiger partial charge in [-0.3, -0.25) is 14.2 Å². The van der Waals surface area contributed by atoms with Crippen molar-refractivity contribution < 1.29 is 14.3 Å². The Morgan fingerprint density at radius 2 is 1.84 bits per heavy atom. The minimum absolute atomic E-state index is 0.291. The van der Waals surface area contributed by atoms with Gasteiger partial charge in [0.15, 0.2) is 6.23 Å². The third kappa shape index (κ3) is 5.44. The standard InChI is InChI=1S/C30H28N4O3/c1-6-27(35)33-24-12-8-10-21(14-24)23-15-25-26(22-11-7-9-20(13-22)16-31)18-34(28(25)32-17-23)19(2)37-29(36)30(3,4)5/h6-15,17-19H,1H2,2-5H3,(H,33,35). The van der Waals surface area contributed by atoms with Gasteiger partial charge in [0.2, 0.25) is 5.91 Å². The van der Waals surface area contributed by atoms with Gasteiger partial charge in [0, 0.05) is 34.6 Å². The summed E-state index contributed by atoms with van der Waals surface area (Å²) in [4.78, 5) is 29.1. The Bertz CT molecular complexity index is 1550. The predicted molar refractivity (Wildman–Crippen MR) is 144 cm³/mol. The van der Waals surface area contributed by atoms with Gasteiger partial charge in [-0.25, -0.2) is 4.98 Å². The second-order valence-corrected chi connectivity index (χ2v) is 9.77. The first-order chi connectivity index (χ1) is 17.6. The maximum Gasteiger partial charge on any atom is 0.313 e. The average molecular weight is 493 g/mol. The topological polar surface area (TPSA) is 97.0 Å². The molecule has 2 heterocycles. The van der Waals surface area contributed by atoms with Gasteiger partial charge in [-0.2, -0.15) is 5.26 Å². The van der Waals surface area contributed by atoms with Crippen molar-refractivity contribution in [2.24, 2.45) is 5.41 Å². The van der Waals surface area contributed by atoms with E-state index in [2.05, 4.69) is 18.0 Å². The van der Waals surface area contributed by atoms with Crippen LogP contribution < -0.4 is 5.32 Å². The fourth-order valence-electron chi connectivity index (χ4n) is 3.91. The van der Waals surface area contributed by atoms with Gasteiger partial charge >= 0.3 is 5.97 Å². The van der Waals surface area contributed by atoms with Crippen LogP contribution in [-0.4, -0.2) is 21.4 Å². The largest absolute Gasteiger partial charge is 0.441 e. The van der Waals surface area contributed by atoms with Crippen LogP contribution in [0.1, 0.15) is 39.5 Å². The van der Waals surface area contributed by atoms with Crippen molar-refractivity contribution in [3.8, 4) is 28.3 Å². The molecule has 1 N–H and O–H groups in total. The van der Waals surface area contributed by atoms with E-state index in [1.807, 2.05) is 74.0 Å². The summed E-state index contributed by atoms with van der Waals surface area (Å²) in [6.45, 7) is 10.7. The Morgan fingerprint density at radius 1 is 1.11 bits per heavy atom. The van der Waals surface area contributed by atoms with Gasteiger partial charge in [-0.05, 0) is 75.2 Å². The molecule has 1 unspecified atom stereocenters. The summed E-state index contributed by atoms with van der Waals surface area (Å²) in [5.74, 6) is -0.605. The minimum Gasteiger partial charge on any atom is -0.441 e. The van der Waals surface area contributed by atoms with Crippen molar-refractivity contribution in [2.45, 2.75) is 33.9 Å². The van der Waals surface area contributed by atoms with Crippen LogP contribution in [0.5, 0.6) is 0 Å². The summed E-state index contributed by atoms with van der Waals surface area (Å²) in [6, 6.07) is 19.0. The second-order valence-electron chi connectivity index (χ2n) is 9.77.